The van der Waals surface area contributed by atoms with Gasteiger partial charge in [0.1, 0.15) is 0 Å². The van der Waals surface area contributed by atoms with E-state index in [1.807, 2.05) is 56.4 Å². The van der Waals surface area contributed by atoms with Gasteiger partial charge in [0, 0.05) is 30.4 Å². The third-order valence-corrected chi connectivity index (χ3v) is 4.61. The van der Waals surface area contributed by atoms with Crippen LogP contribution in [0.4, 0.5) is 5.69 Å². The van der Waals surface area contributed by atoms with Crippen molar-refractivity contribution in [2.75, 3.05) is 5.32 Å². The Kier molecular flexibility index (Phi) is 6.82. The van der Waals surface area contributed by atoms with Gasteiger partial charge in [-0.25, -0.2) is 4.68 Å². The molecule has 0 unspecified atom stereocenters. The summed E-state index contributed by atoms with van der Waals surface area (Å²) in [6.45, 7) is 4.39. The second kappa shape index (κ2) is 9.52. The molecule has 0 saturated heterocycles. The third-order valence-electron chi connectivity index (χ3n) is 4.20. The number of anilines is 1. The van der Waals surface area contributed by atoms with Crippen LogP contribution in [-0.2, 0) is 11.3 Å². The molecule has 0 aliphatic rings. The molecule has 6 nitrogen and oxygen atoms in total. The van der Waals surface area contributed by atoms with E-state index in [9.17, 15) is 9.59 Å². The summed E-state index contributed by atoms with van der Waals surface area (Å²) in [7, 11) is 0. The molecule has 0 fully saturated rings. The monoisotopic (exact) mass is 454 g/mol. The van der Waals surface area contributed by atoms with Crippen LogP contribution in [0.3, 0.4) is 0 Å². The van der Waals surface area contributed by atoms with Crippen molar-refractivity contribution in [2.45, 2.75) is 26.8 Å². The Morgan fingerprint density at radius 1 is 1.14 bits per heavy atom. The first-order chi connectivity index (χ1) is 13.9. The van der Waals surface area contributed by atoms with Crippen LogP contribution in [-0.4, -0.2) is 21.6 Å². The minimum atomic E-state index is -0.160. The van der Waals surface area contributed by atoms with Gasteiger partial charge < -0.3 is 10.6 Å². The van der Waals surface area contributed by atoms with E-state index < -0.39 is 0 Å². The molecule has 0 radical (unpaired) electrons. The van der Waals surface area contributed by atoms with E-state index in [1.54, 1.807) is 23.0 Å². The van der Waals surface area contributed by atoms with Crippen molar-refractivity contribution in [3.05, 3.63) is 76.5 Å². The molecule has 2 N–H and O–H groups in total. The number of hydrogen-bond acceptors (Lipinski definition) is 3. The molecule has 3 aromatic rings. The van der Waals surface area contributed by atoms with Crippen molar-refractivity contribution < 1.29 is 9.59 Å². The molecule has 3 rings (SSSR count). The molecule has 0 aliphatic heterocycles. The Morgan fingerprint density at radius 3 is 2.55 bits per heavy atom. The zero-order valence-electron chi connectivity index (χ0n) is 16.4. The lowest BCUT2D eigenvalue weighted by Crippen LogP contribution is -2.23. The van der Waals surface area contributed by atoms with Crippen molar-refractivity contribution >= 4 is 33.4 Å². The summed E-state index contributed by atoms with van der Waals surface area (Å²) in [6.07, 6.45) is 4.04. The molecule has 0 atom stereocenters. The molecule has 29 heavy (non-hydrogen) atoms. The van der Waals surface area contributed by atoms with Crippen LogP contribution in [0.15, 0.2) is 65.4 Å². The number of aromatic nitrogens is 2. The van der Waals surface area contributed by atoms with E-state index in [0.717, 1.165) is 21.4 Å². The molecule has 7 heteroatoms. The van der Waals surface area contributed by atoms with E-state index >= 15 is 0 Å². The Morgan fingerprint density at radius 2 is 1.90 bits per heavy atom. The van der Waals surface area contributed by atoms with Crippen molar-refractivity contribution in [3.8, 4) is 5.69 Å². The highest BCUT2D eigenvalue weighted by atomic mass is 79.9. The van der Waals surface area contributed by atoms with E-state index in [1.165, 1.54) is 0 Å². The number of amides is 2. The molecule has 0 saturated carbocycles. The van der Waals surface area contributed by atoms with Crippen molar-refractivity contribution in [3.63, 3.8) is 0 Å². The van der Waals surface area contributed by atoms with Crippen molar-refractivity contribution in [1.82, 2.24) is 15.1 Å². The summed E-state index contributed by atoms with van der Waals surface area (Å²) in [5.41, 5.74) is 3.09. The molecule has 0 aliphatic carbocycles. The van der Waals surface area contributed by atoms with Crippen molar-refractivity contribution in [2.24, 2.45) is 5.92 Å². The standard InChI is InChI=1S/C22H23BrN4O2/c1-15(2)10-21(28)26-19-5-3-4-16(11-19)12-24-22(29)17-6-8-20(9-7-17)27-14-18(23)13-25-27/h3-9,11,13-15H,10,12H2,1-2H3,(H,24,29)(H,26,28). The normalized spacial score (nSPS) is 10.8. The van der Waals surface area contributed by atoms with Crippen LogP contribution in [0.2, 0.25) is 0 Å². The lowest BCUT2D eigenvalue weighted by atomic mass is 10.1. The van der Waals surface area contributed by atoms with Gasteiger partial charge in [-0.15, -0.1) is 0 Å². The number of carbonyl (C=O) groups is 2. The van der Waals surface area contributed by atoms with Gasteiger partial charge in [0.25, 0.3) is 5.91 Å². The number of carbonyl (C=O) groups excluding carboxylic acids is 2. The SMILES string of the molecule is CC(C)CC(=O)Nc1cccc(CNC(=O)c2ccc(-n3cc(Br)cn3)cc2)c1. The molecule has 1 heterocycles. The summed E-state index contributed by atoms with van der Waals surface area (Å²) >= 11 is 3.37. The van der Waals surface area contributed by atoms with Crippen LogP contribution in [0.5, 0.6) is 0 Å². The highest BCUT2D eigenvalue weighted by Crippen LogP contribution is 2.15. The van der Waals surface area contributed by atoms with Gasteiger partial charge in [0.05, 0.1) is 16.4 Å². The lowest BCUT2D eigenvalue weighted by molar-refractivity contribution is -0.116. The average Bonchev–Trinajstić information content (AvgIpc) is 3.12. The number of rotatable bonds is 7. The van der Waals surface area contributed by atoms with Crippen LogP contribution in [0.1, 0.15) is 36.2 Å². The first-order valence-electron chi connectivity index (χ1n) is 9.38. The molecule has 0 spiro atoms. The highest BCUT2D eigenvalue weighted by Gasteiger charge is 2.08. The zero-order chi connectivity index (χ0) is 20.8. The predicted molar refractivity (Wildman–Crippen MR) is 117 cm³/mol. The van der Waals surface area contributed by atoms with Gasteiger partial charge in [0.2, 0.25) is 5.91 Å². The summed E-state index contributed by atoms with van der Waals surface area (Å²) < 4.78 is 2.62. The van der Waals surface area contributed by atoms with E-state index in [-0.39, 0.29) is 11.8 Å². The first-order valence-corrected chi connectivity index (χ1v) is 10.2. The lowest BCUT2D eigenvalue weighted by Gasteiger charge is -2.10. The first kappa shape index (κ1) is 20.8. The Labute approximate surface area is 178 Å². The van der Waals surface area contributed by atoms with Gasteiger partial charge in [-0.1, -0.05) is 26.0 Å². The minimum absolute atomic E-state index is 0.00881. The Balaban J connectivity index is 1.57. The molecule has 150 valence electrons. The molecule has 2 aromatic carbocycles. The smallest absolute Gasteiger partial charge is 0.251 e. The fraction of sp³-hybridized carbons (Fsp3) is 0.227. The molecule has 1 aromatic heterocycles. The maximum absolute atomic E-state index is 12.4. The van der Waals surface area contributed by atoms with Crippen LogP contribution in [0, 0.1) is 5.92 Å². The second-order valence-corrected chi connectivity index (χ2v) is 8.09. The predicted octanol–water partition coefficient (Wildman–Crippen LogP) is 4.55. The highest BCUT2D eigenvalue weighted by molar-refractivity contribution is 9.10. The molecule has 2 amide bonds. The number of benzene rings is 2. The van der Waals surface area contributed by atoms with Crippen LogP contribution in [0.25, 0.3) is 5.69 Å². The van der Waals surface area contributed by atoms with E-state index in [2.05, 4.69) is 31.7 Å². The number of hydrogen-bond donors (Lipinski definition) is 2. The third kappa shape index (κ3) is 6.02. The molecular weight excluding hydrogens is 432 g/mol. The topological polar surface area (TPSA) is 76.0 Å². The Bertz CT molecular complexity index is 996. The number of nitrogens with one attached hydrogen (secondary N) is 2. The summed E-state index contributed by atoms with van der Waals surface area (Å²) in [5, 5.41) is 10.0. The molecular formula is C22H23BrN4O2. The average molecular weight is 455 g/mol. The number of halogens is 1. The summed E-state index contributed by atoms with van der Waals surface area (Å²) in [6, 6.07) is 14.7. The van der Waals surface area contributed by atoms with Gasteiger partial charge >= 0.3 is 0 Å². The van der Waals surface area contributed by atoms with E-state index in [0.29, 0.717) is 24.4 Å². The fourth-order valence-electron chi connectivity index (χ4n) is 2.83. The Hall–Kier alpha value is -2.93. The van der Waals surface area contributed by atoms with Gasteiger partial charge in [0.15, 0.2) is 0 Å². The summed E-state index contributed by atoms with van der Waals surface area (Å²) in [5.74, 6) is 0.136. The maximum Gasteiger partial charge on any atom is 0.251 e. The largest absolute Gasteiger partial charge is 0.348 e. The quantitative estimate of drug-likeness (QED) is 0.549. The fourth-order valence-corrected chi connectivity index (χ4v) is 3.12. The van der Waals surface area contributed by atoms with Gasteiger partial charge in [-0.3, -0.25) is 9.59 Å². The van der Waals surface area contributed by atoms with Gasteiger partial charge in [-0.2, -0.15) is 5.10 Å². The van der Waals surface area contributed by atoms with E-state index in [4.69, 9.17) is 0 Å². The summed E-state index contributed by atoms with van der Waals surface area (Å²) in [4.78, 5) is 24.4. The van der Waals surface area contributed by atoms with Gasteiger partial charge in [-0.05, 0) is 63.8 Å². The maximum atomic E-state index is 12.4. The second-order valence-electron chi connectivity index (χ2n) is 7.18. The van der Waals surface area contributed by atoms with Crippen molar-refractivity contribution in [1.29, 1.82) is 0 Å². The zero-order valence-corrected chi connectivity index (χ0v) is 17.9. The van der Waals surface area contributed by atoms with Crippen LogP contribution >= 0.6 is 15.9 Å². The van der Waals surface area contributed by atoms with Crippen LogP contribution < -0.4 is 10.6 Å². The molecule has 0 bridgehead atoms. The number of nitrogens with zero attached hydrogens (tertiary/aromatic N) is 2. The minimum Gasteiger partial charge on any atom is -0.348 e.